The fourth-order valence-electron chi connectivity index (χ4n) is 1.79. The van der Waals surface area contributed by atoms with E-state index in [1.807, 2.05) is 12.1 Å². The van der Waals surface area contributed by atoms with Gasteiger partial charge < -0.3 is 10.1 Å². The second kappa shape index (κ2) is 5.46. The van der Waals surface area contributed by atoms with Gasteiger partial charge in [0.1, 0.15) is 0 Å². The number of carbonyl (C=O) groups is 1. The Hall–Kier alpha value is -0.870. The maximum Gasteiger partial charge on any atom is 0.261 e. The van der Waals surface area contributed by atoms with Crippen molar-refractivity contribution in [2.24, 2.45) is 0 Å². The SMILES string of the molecule is CCc1ccc(C(=O)NC[C@H]2CCCO2)s1. The average Bonchev–Trinajstić information content (AvgIpc) is 2.96. The number of carbonyl (C=O) groups excluding carboxylic acids is 1. The Labute approximate surface area is 99.8 Å². The van der Waals surface area contributed by atoms with Crippen molar-refractivity contribution in [3.8, 4) is 0 Å². The molecule has 16 heavy (non-hydrogen) atoms. The molecular formula is C12H17NO2S. The lowest BCUT2D eigenvalue weighted by Crippen LogP contribution is -2.31. The summed E-state index contributed by atoms with van der Waals surface area (Å²) in [7, 11) is 0. The van der Waals surface area contributed by atoms with E-state index in [0.29, 0.717) is 6.54 Å². The highest BCUT2D eigenvalue weighted by molar-refractivity contribution is 7.14. The normalized spacial score (nSPS) is 19.9. The highest BCUT2D eigenvalue weighted by Crippen LogP contribution is 2.17. The van der Waals surface area contributed by atoms with Crippen LogP contribution in [0, 0.1) is 0 Å². The molecule has 2 heterocycles. The predicted molar refractivity (Wildman–Crippen MR) is 65.0 cm³/mol. The Morgan fingerprint density at radius 2 is 2.50 bits per heavy atom. The summed E-state index contributed by atoms with van der Waals surface area (Å²) in [4.78, 5) is 13.8. The monoisotopic (exact) mass is 239 g/mol. The van der Waals surface area contributed by atoms with Crippen LogP contribution in [-0.4, -0.2) is 25.2 Å². The van der Waals surface area contributed by atoms with Crippen LogP contribution in [0.4, 0.5) is 0 Å². The molecule has 1 N–H and O–H groups in total. The van der Waals surface area contributed by atoms with Gasteiger partial charge >= 0.3 is 0 Å². The van der Waals surface area contributed by atoms with Gasteiger partial charge in [-0.05, 0) is 31.4 Å². The fourth-order valence-corrected chi connectivity index (χ4v) is 2.65. The fraction of sp³-hybridized carbons (Fsp3) is 0.583. The van der Waals surface area contributed by atoms with Crippen LogP contribution in [0.2, 0.25) is 0 Å². The lowest BCUT2D eigenvalue weighted by molar-refractivity contribution is 0.0861. The number of aryl methyl sites for hydroxylation is 1. The van der Waals surface area contributed by atoms with Gasteiger partial charge in [0.25, 0.3) is 5.91 Å². The molecule has 1 fully saturated rings. The topological polar surface area (TPSA) is 38.3 Å². The maximum atomic E-state index is 11.8. The van der Waals surface area contributed by atoms with E-state index in [1.54, 1.807) is 11.3 Å². The summed E-state index contributed by atoms with van der Waals surface area (Å²) in [5, 5.41) is 2.92. The number of hydrogen-bond donors (Lipinski definition) is 1. The van der Waals surface area contributed by atoms with Crippen LogP contribution in [0.1, 0.15) is 34.3 Å². The summed E-state index contributed by atoms with van der Waals surface area (Å²) in [6.45, 7) is 3.57. The number of thiophene rings is 1. The van der Waals surface area contributed by atoms with Gasteiger partial charge in [0.15, 0.2) is 0 Å². The molecule has 1 aliphatic heterocycles. The molecule has 1 atom stereocenters. The quantitative estimate of drug-likeness (QED) is 0.875. The first-order valence-electron chi connectivity index (χ1n) is 5.78. The molecule has 0 bridgehead atoms. The zero-order valence-corrected chi connectivity index (χ0v) is 10.3. The van der Waals surface area contributed by atoms with Crippen LogP contribution in [0.15, 0.2) is 12.1 Å². The van der Waals surface area contributed by atoms with Crippen molar-refractivity contribution < 1.29 is 9.53 Å². The highest BCUT2D eigenvalue weighted by atomic mass is 32.1. The second-order valence-electron chi connectivity index (χ2n) is 3.96. The Morgan fingerprint density at radius 1 is 1.62 bits per heavy atom. The van der Waals surface area contributed by atoms with Crippen LogP contribution in [0.3, 0.4) is 0 Å². The number of amides is 1. The second-order valence-corrected chi connectivity index (χ2v) is 5.13. The van der Waals surface area contributed by atoms with E-state index in [0.717, 1.165) is 30.7 Å². The highest BCUT2D eigenvalue weighted by Gasteiger charge is 2.17. The Morgan fingerprint density at radius 3 is 3.12 bits per heavy atom. The lowest BCUT2D eigenvalue weighted by Gasteiger charge is -2.09. The molecule has 3 nitrogen and oxygen atoms in total. The molecule has 88 valence electrons. The van der Waals surface area contributed by atoms with Gasteiger partial charge in [-0.1, -0.05) is 6.92 Å². The van der Waals surface area contributed by atoms with E-state index in [2.05, 4.69) is 12.2 Å². The minimum atomic E-state index is 0.0280. The first-order valence-corrected chi connectivity index (χ1v) is 6.59. The van der Waals surface area contributed by atoms with Gasteiger partial charge in [0, 0.05) is 18.0 Å². The van der Waals surface area contributed by atoms with E-state index in [9.17, 15) is 4.79 Å². The number of hydrogen-bond acceptors (Lipinski definition) is 3. The first-order chi connectivity index (χ1) is 7.79. The summed E-state index contributed by atoms with van der Waals surface area (Å²) < 4.78 is 5.45. The lowest BCUT2D eigenvalue weighted by atomic mass is 10.2. The van der Waals surface area contributed by atoms with Gasteiger partial charge in [-0.15, -0.1) is 11.3 Å². The smallest absolute Gasteiger partial charge is 0.261 e. The minimum absolute atomic E-state index is 0.0280. The van der Waals surface area contributed by atoms with Crippen molar-refractivity contribution in [2.75, 3.05) is 13.2 Å². The minimum Gasteiger partial charge on any atom is -0.376 e. The maximum absolute atomic E-state index is 11.8. The molecule has 1 aromatic rings. The Balaban J connectivity index is 1.82. The van der Waals surface area contributed by atoms with Gasteiger partial charge in [-0.2, -0.15) is 0 Å². The van der Waals surface area contributed by atoms with Crippen molar-refractivity contribution >= 4 is 17.2 Å². The van der Waals surface area contributed by atoms with Crippen molar-refractivity contribution in [1.29, 1.82) is 0 Å². The standard InChI is InChI=1S/C12H17NO2S/c1-2-10-5-6-11(16-10)12(14)13-8-9-4-3-7-15-9/h5-6,9H,2-4,7-8H2,1H3,(H,13,14)/t9-/m1/s1. The van der Waals surface area contributed by atoms with E-state index < -0.39 is 0 Å². The summed E-state index contributed by atoms with van der Waals surface area (Å²) in [5.74, 6) is 0.0280. The van der Waals surface area contributed by atoms with Crippen molar-refractivity contribution in [3.63, 3.8) is 0 Å². The molecule has 0 radical (unpaired) electrons. The van der Waals surface area contributed by atoms with Crippen LogP contribution < -0.4 is 5.32 Å². The molecule has 2 rings (SSSR count). The molecule has 0 saturated carbocycles. The summed E-state index contributed by atoms with van der Waals surface area (Å²) in [6, 6.07) is 3.92. The van der Waals surface area contributed by atoms with Crippen molar-refractivity contribution in [3.05, 3.63) is 21.9 Å². The van der Waals surface area contributed by atoms with Crippen LogP contribution in [0.5, 0.6) is 0 Å². The molecule has 0 unspecified atom stereocenters. The van der Waals surface area contributed by atoms with Crippen LogP contribution in [-0.2, 0) is 11.2 Å². The molecule has 0 aliphatic carbocycles. The predicted octanol–water partition coefficient (Wildman–Crippen LogP) is 2.22. The van der Waals surface area contributed by atoms with E-state index in [1.165, 1.54) is 4.88 Å². The van der Waals surface area contributed by atoms with Crippen molar-refractivity contribution in [2.45, 2.75) is 32.3 Å². The summed E-state index contributed by atoms with van der Waals surface area (Å²) >= 11 is 1.57. The number of rotatable bonds is 4. The molecule has 1 saturated heterocycles. The third kappa shape index (κ3) is 2.83. The first kappa shape index (κ1) is 11.6. The molecule has 1 aliphatic rings. The molecule has 4 heteroatoms. The zero-order chi connectivity index (χ0) is 11.4. The summed E-state index contributed by atoms with van der Waals surface area (Å²) in [6.07, 6.45) is 3.38. The third-order valence-corrected chi connectivity index (χ3v) is 3.98. The third-order valence-electron chi connectivity index (χ3n) is 2.75. The van der Waals surface area contributed by atoms with Crippen LogP contribution in [0.25, 0.3) is 0 Å². The molecule has 1 amide bonds. The molecule has 0 spiro atoms. The molecule has 0 aromatic carbocycles. The largest absolute Gasteiger partial charge is 0.376 e. The van der Waals surface area contributed by atoms with Gasteiger partial charge in [-0.3, -0.25) is 4.79 Å². The van der Waals surface area contributed by atoms with E-state index in [4.69, 9.17) is 4.74 Å². The van der Waals surface area contributed by atoms with Crippen LogP contribution >= 0.6 is 11.3 Å². The van der Waals surface area contributed by atoms with Crippen molar-refractivity contribution in [1.82, 2.24) is 5.32 Å². The van der Waals surface area contributed by atoms with E-state index >= 15 is 0 Å². The molecule has 1 aromatic heterocycles. The van der Waals surface area contributed by atoms with E-state index in [-0.39, 0.29) is 12.0 Å². The summed E-state index contributed by atoms with van der Waals surface area (Å²) in [5.41, 5.74) is 0. The number of ether oxygens (including phenoxy) is 1. The van der Waals surface area contributed by atoms with Gasteiger partial charge in [-0.25, -0.2) is 0 Å². The zero-order valence-electron chi connectivity index (χ0n) is 9.49. The van der Waals surface area contributed by atoms with Gasteiger partial charge in [0.2, 0.25) is 0 Å². The average molecular weight is 239 g/mol. The van der Waals surface area contributed by atoms with Gasteiger partial charge in [0.05, 0.1) is 11.0 Å². The Kier molecular flexibility index (Phi) is 3.96. The molecular weight excluding hydrogens is 222 g/mol. The Bertz CT molecular complexity index is 356. The number of nitrogens with one attached hydrogen (secondary N) is 1.